The molecule has 5 heteroatoms. The topological polar surface area (TPSA) is 75.4 Å². The van der Waals surface area contributed by atoms with E-state index in [1.54, 1.807) is 0 Å². The van der Waals surface area contributed by atoms with Crippen molar-refractivity contribution in [2.45, 2.75) is 6.04 Å². The summed E-state index contributed by atoms with van der Waals surface area (Å²) in [7, 11) is 0. The lowest BCUT2D eigenvalue weighted by Crippen LogP contribution is -2.42. The number of amides is 1. The summed E-state index contributed by atoms with van der Waals surface area (Å²) in [5.74, 6) is 0.0427. The van der Waals surface area contributed by atoms with Gasteiger partial charge in [-0.3, -0.25) is 4.79 Å². The van der Waals surface area contributed by atoms with E-state index in [9.17, 15) is 4.79 Å². The molecule has 0 radical (unpaired) electrons. The second-order valence-electron chi connectivity index (χ2n) is 1.80. The third-order valence-corrected chi connectivity index (χ3v) is 1.34. The van der Waals surface area contributed by atoms with E-state index >= 15 is 0 Å². The summed E-state index contributed by atoms with van der Waals surface area (Å²) in [6, 6.07) is -0.574. The maximum Gasteiger partial charge on any atom is 0.237 e. The molecule has 0 unspecified atom stereocenters. The molecule has 0 aromatic rings. The first-order valence-electron chi connectivity index (χ1n) is 2.97. The van der Waals surface area contributed by atoms with E-state index in [1.807, 2.05) is 0 Å². The number of thiol groups is 1. The molecule has 4 nitrogen and oxygen atoms in total. The van der Waals surface area contributed by atoms with Crippen molar-refractivity contribution in [1.82, 2.24) is 5.32 Å². The van der Waals surface area contributed by atoms with Crippen molar-refractivity contribution in [3.8, 4) is 0 Å². The largest absolute Gasteiger partial charge is 0.395 e. The third-order valence-electron chi connectivity index (χ3n) is 0.945. The Bertz CT molecular complexity index is 110. The molecule has 1 amide bonds. The van der Waals surface area contributed by atoms with Crippen molar-refractivity contribution in [3.05, 3.63) is 0 Å². The molecule has 0 saturated heterocycles. The van der Waals surface area contributed by atoms with Crippen LogP contribution in [-0.2, 0) is 4.79 Å². The minimum atomic E-state index is -0.574. The van der Waals surface area contributed by atoms with Gasteiger partial charge in [-0.25, -0.2) is 0 Å². The molecule has 4 N–H and O–H groups in total. The highest BCUT2D eigenvalue weighted by Gasteiger charge is 2.08. The van der Waals surface area contributed by atoms with Crippen molar-refractivity contribution in [2.75, 3.05) is 18.9 Å². The summed E-state index contributed by atoms with van der Waals surface area (Å²) in [6.45, 7) is 0.186. The van der Waals surface area contributed by atoms with Gasteiger partial charge >= 0.3 is 0 Å². The van der Waals surface area contributed by atoms with E-state index < -0.39 is 6.04 Å². The average Bonchev–Trinajstić information content (AvgIpc) is 1.98. The van der Waals surface area contributed by atoms with Gasteiger partial charge in [0.1, 0.15) is 0 Å². The standard InChI is InChI=1S/C5H12N2O2S/c6-4(3-10)5(9)7-1-2-8/h4,8,10H,1-3,6H2,(H,7,9)/t4-/m1/s1. The maximum absolute atomic E-state index is 10.7. The van der Waals surface area contributed by atoms with E-state index in [2.05, 4.69) is 17.9 Å². The predicted octanol–water partition coefficient (Wildman–Crippen LogP) is -1.65. The van der Waals surface area contributed by atoms with Gasteiger partial charge in [0.25, 0.3) is 0 Å². The molecule has 0 spiro atoms. The van der Waals surface area contributed by atoms with Crippen molar-refractivity contribution >= 4 is 18.5 Å². The lowest BCUT2D eigenvalue weighted by atomic mass is 10.3. The van der Waals surface area contributed by atoms with Gasteiger partial charge in [0.15, 0.2) is 0 Å². The summed E-state index contributed by atoms with van der Waals surface area (Å²) in [5, 5.41) is 10.7. The Hall–Kier alpha value is -0.260. The van der Waals surface area contributed by atoms with E-state index in [-0.39, 0.29) is 19.1 Å². The van der Waals surface area contributed by atoms with Crippen molar-refractivity contribution in [2.24, 2.45) is 5.73 Å². The number of aliphatic hydroxyl groups excluding tert-OH is 1. The highest BCUT2D eigenvalue weighted by atomic mass is 32.1. The first-order chi connectivity index (χ1) is 4.72. The van der Waals surface area contributed by atoms with Crippen LogP contribution < -0.4 is 11.1 Å². The van der Waals surface area contributed by atoms with Gasteiger partial charge < -0.3 is 16.2 Å². The Morgan fingerprint density at radius 2 is 2.40 bits per heavy atom. The molecule has 10 heavy (non-hydrogen) atoms. The second kappa shape index (κ2) is 5.52. The zero-order valence-corrected chi connectivity index (χ0v) is 6.47. The van der Waals surface area contributed by atoms with E-state index in [0.29, 0.717) is 5.75 Å². The number of aliphatic hydroxyl groups is 1. The highest BCUT2D eigenvalue weighted by Crippen LogP contribution is 1.81. The molecule has 0 heterocycles. The Morgan fingerprint density at radius 3 is 2.80 bits per heavy atom. The normalized spacial score (nSPS) is 12.7. The summed E-state index contributed by atoms with van der Waals surface area (Å²) in [4.78, 5) is 10.7. The van der Waals surface area contributed by atoms with Crippen LogP contribution in [0.2, 0.25) is 0 Å². The zero-order chi connectivity index (χ0) is 7.98. The molecule has 0 aromatic heterocycles. The highest BCUT2D eigenvalue weighted by molar-refractivity contribution is 7.80. The quantitative estimate of drug-likeness (QED) is 0.376. The predicted molar refractivity (Wildman–Crippen MR) is 41.9 cm³/mol. The third kappa shape index (κ3) is 3.71. The molecule has 0 fully saturated rings. The lowest BCUT2D eigenvalue weighted by Gasteiger charge is -2.07. The van der Waals surface area contributed by atoms with Gasteiger partial charge in [0.05, 0.1) is 12.6 Å². The van der Waals surface area contributed by atoms with Gasteiger partial charge in [-0.05, 0) is 0 Å². The van der Waals surface area contributed by atoms with Gasteiger partial charge in [-0.1, -0.05) is 0 Å². The number of hydrogen-bond donors (Lipinski definition) is 4. The molecule has 0 saturated carbocycles. The van der Waals surface area contributed by atoms with Gasteiger partial charge in [0.2, 0.25) is 5.91 Å². The van der Waals surface area contributed by atoms with E-state index in [4.69, 9.17) is 10.8 Å². The number of rotatable bonds is 4. The summed E-state index contributed by atoms with van der Waals surface area (Å²) in [5.41, 5.74) is 5.29. The fourth-order valence-electron chi connectivity index (χ4n) is 0.393. The van der Waals surface area contributed by atoms with Crippen LogP contribution in [0.3, 0.4) is 0 Å². The molecule has 0 rings (SSSR count). The molecule has 1 atom stereocenters. The van der Waals surface area contributed by atoms with Gasteiger partial charge in [0, 0.05) is 12.3 Å². The summed E-state index contributed by atoms with van der Waals surface area (Å²) < 4.78 is 0. The average molecular weight is 164 g/mol. The molecule has 0 aromatic carbocycles. The molecule has 0 aliphatic rings. The smallest absolute Gasteiger partial charge is 0.237 e. The lowest BCUT2D eigenvalue weighted by molar-refractivity contribution is -0.122. The van der Waals surface area contributed by atoms with Crippen LogP contribution in [0, 0.1) is 0 Å². The van der Waals surface area contributed by atoms with Gasteiger partial charge in [-0.2, -0.15) is 12.6 Å². The Labute approximate surface area is 65.2 Å². The molecular weight excluding hydrogens is 152 g/mol. The second-order valence-corrected chi connectivity index (χ2v) is 2.17. The van der Waals surface area contributed by atoms with Crippen LogP contribution in [0.15, 0.2) is 0 Å². The number of carbonyl (C=O) groups excluding carboxylic acids is 1. The van der Waals surface area contributed by atoms with Crippen LogP contribution in [0.5, 0.6) is 0 Å². The van der Waals surface area contributed by atoms with Crippen molar-refractivity contribution < 1.29 is 9.90 Å². The van der Waals surface area contributed by atoms with Crippen LogP contribution in [0.25, 0.3) is 0 Å². The summed E-state index contributed by atoms with van der Waals surface area (Å²) >= 11 is 3.83. The Morgan fingerprint density at radius 1 is 1.80 bits per heavy atom. The fraction of sp³-hybridized carbons (Fsp3) is 0.800. The number of nitrogens with two attached hydrogens (primary N) is 1. The van der Waals surface area contributed by atoms with Crippen LogP contribution in [-0.4, -0.2) is 36.0 Å². The Balaban J connectivity index is 3.42. The first kappa shape index (κ1) is 9.74. The van der Waals surface area contributed by atoms with Gasteiger partial charge in [-0.15, -0.1) is 0 Å². The molecule has 0 aliphatic heterocycles. The number of carbonyl (C=O) groups is 1. The van der Waals surface area contributed by atoms with Crippen LogP contribution in [0.1, 0.15) is 0 Å². The zero-order valence-electron chi connectivity index (χ0n) is 5.58. The minimum Gasteiger partial charge on any atom is -0.395 e. The van der Waals surface area contributed by atoms with Crippen LogP contribution in [0.4, 0.5) is 0 Å². The van der Waals surface area contributed by atoms with Crippen LogP contribution >= 0.6 is 12.6 Å². The number of hydrogen-bond acceptors (Lipinski definition) is 4. The molecule has 0 aliphatic carbocycles. The number of nitrogens with one attached hydrogen (secondary N) is 1. The fourth-order valence-corrected chi connectivity index (χ4v) is 0.559. The maximum atomic E-state index is 10.7. The van der Waals surface area contributed by atoms with E-state index in [1.165, 1.54) is 0 Å². The molecular formula is C5H12N2O2S. The summed E-state index contributed by atoms with van der Waals surface area (Å²) in [6.07, 6.45) is 0. The molecule has 60 valence electrons. The van der Waals surface area contributed by atoms with Crippen molar-refractivity contribution in [3.63, 3.8) is 0 Å². The molecule has 0 bridgehead atoms. The minimum absolute atomic E-state index is 0.0645. The van der Waals surface area contributed by atoms with Crippen molar-refractivity contribution in [1.29, 1.82) is 0 Å². The Kier molecular flexibility index (Phi) is 5.38. The monoisotopic (exact) mass is 164 g/mol. The first-order valence-corrected chi connectivity index (χ1v) is 3.60. The SMILES string of the molecule is N[C@H](CS)C(=O)NCCO. The van der Waals surface area contributed by atoms with E-state index in [0.717, 1.165) is 0 Å².